The molecule has 1 unspecified atom stereocenters. The van der Waals surface area contributed by atoms with E-state index in [9.17, 15) is 14.7 Å². The number of carbonyl (C=O) groups excluding carboxylic acids is 2. The van der Waals surface area contributed by atoms with Gasteiger partial charge in [0, 0.05) is 17.6 Å². The van der Waals surface area contributed by atoms with Gasteiger partial charge in [-0.2, -0.15) is 0 Å². The van der Waals surface area contributed by atoms with Crippen molar-refractivity contribution in [3.8, 4) is 0 Å². The summed E-state index contributed by atoms with van der Waals surface area (Å²) in [5, 5.41) is 11.1. The highest BCUT2D eigenvalue weighted by atomic mass is 35.5. The number of halogens is 1. The van der Waals surface area contributed by atoms with Crippen molar-refractivity contribution in [2.24, 2.45) is 0 Å². The molecule has 0 saturated carbocycles. The van der Waals surface area contributed by atoms with E-state index in [4.69, 9.17) is 11.6 Å². The number of benzene rings is 2. The van der Waals surface area contributed by atoms with Crippen LogP contribution in [0.4, 0.5) is 0 Å². The van der Waals surface area contributed by atoms with Gasteiger partial charge in [-0.05, 0) is 17.7 Å². The van der Waals surface area contributed by atoms with Crippen LogP contribution in [0.1, 0.15) is 17.2 Å². The predicted octanol–water partition coefficient (Wildman–Crippen LogP) is 3.39. The van der Waals surface area contributed by atoms with E-state index < -0.39 is 17.7 Å². The number of ketones is 1. The summed E-state index contributed by atoms with van der Waals surface area (Å²) in [4.78, 5) is 25.8. The Hall–Kier alpha value is -2.59. The molecule has 1 amide bonds. The van der Waals surface area contributed by atoms with Gasteiger partial charge in [0.2, 0.25) is 0 Å². The minimum atomic E-state index is -0.696. The molecule has 1 N–H and O–H groups in total. The number of rotatable bonds is 2. The lowest BCUT2D eigenvalue weighted by Gasteiger charge is -2.21. The zero-order valence-corrected chi connectivity index (χ0v) is 13.1. The largest absolute Gasteiger partial charge is 0.507 e. The van der Waals surface area contributed by atoms with E-state index in [0.717, 1.165) is 0 Å². The number of likely N-dealkylation sites (N-methyl/N-ethyl adjacent to an activating group) is 1. The van der Waals surface area contributed by atoms with Crippen LogP contribution in [0.3, 0.4) is 0 Å². The van der Waals surface area contributed by atoms with Gasteiger partial charge in [-0.3, -0.25) is 9.59 Å². The summed E-state index contributed by atoms with van der Waals surface area (Å²) in [6, 6.07) is 15.0. The number of amides is 1. The van der Waals surface area contributed by atoms with Crippen molar-refractivity contribution >= 4 is 29.1 Å². The molecule has 0 spiro atoms. The van der Waals surface area contributed by atoms with Crippen LogP contribution in [0.25, 0.3) is 5.76 Å². The summed E-state index contributed by atoms with van der Waals surface area (Å²) in [7, 11) is 1.54. The van der Waals surface area contributed by atoms with Gasteiger partial charge in [-0.1, -0.05) is 54.1 Å². The lowest BCUT2D eigenvalue weighted by Crippen LogP contribution is -2.24. The van der Waals surface area contributed by atoms with Gasteiger partial charge >= 0.3 is 0 Å². The van der Waals surface area contributed by atoms with Crippen molar-refractivity contribution in [2.45, 2.75) is 6.04 Å². The van der Waals surface area contributed by atoms with Crippen molar-refractivity contribution in [1.82, 2.24) is 4.90 Å². The maximum Gasteiger partial charge on any atom is 0.295 e. The molecule has 4 nitrogen and oxygen atoms in total. The van der Waals surface area contributed by atoms with Crippen LogP contribution in [0.2, 0.25) is 5.02 Å². The van der Waals surface area contributed by atoms with Crippen molar-refractivity contribution < 1.29 is 14.7 Å². The highest BCUT2D eigenvalue weighted by Crippen LogP contribution is 2.38. The van der Waals surface area contributed by atoms with E-state index >= 15 is 0 Å². The Morgan fingerprint density at radius 1 is 1.09 bits per heavy atom. The summed E-state index contributed by atoms with van der Waals surface area (Å²) in [6.07, 6.45) is 0. The highest BCUT2D eigenvalue weighted by molar-refractivity contribution is 6.46. The third-order valence-corrected chi connectivity index (χ3v) is 4.12. The van der Waals surface area contributed by atoms with E-state index in [2.05, 4.69) is 0 Å². The maximum atomic E-state index is 12.4. The molecule has 0 radical (unpaired) electrons. The number of carbonyl (C=O) groups is 2. The molecular formula is C18H14ClNO3. The summed E-state index contributed by atoms with van der Waals surface area (Å²) < 4.78 is 0. The van der Waals surface area contributed by atoms with E-state index in [1.165, 1.54) is 11.9 Å². The van der Waals surface area contributed by atoms with E-state index in [1.54, 1.807) is 48.5 Å². The highest BCUT2D eigenvalue weighted by Gasteiger charge is 2.44. The maximum absolute atomic E-state index is 12.4. The number of nitrogens with zero attached hydrogens (tertiary/aromatic N) is 1. The molecular weight excluding hydrogens is 314 g/mol. The number of likely N-dealkylation sites (tertiary alicyclic amines) is 1. The van der Waals surface area contributed by atoms with Crippen molar-refractivity contribution in [3.63, 3.8) is 0 Å². The molecule has 116 valence electrons. The second-order valence-corrected chi connectivity index (χ2v) is 5.77. The minimum absolute atomic E-state index is 0.0750. The topological polar surface area (TPSA) is 57.6 Å². The molecule has 0 bridgehead atoms. The Bertz CT molecular complexity index is 814. The van der Waals surface area contributed by atoms with E-state index in [1.807, 2.05) is 6.07 Å². The standard InChI is InChI=1S/C18H14ClNO3/c1-20-15(12-8-5-9-13(19)10-12)14(17(22)18(20)23)16(21)11-6-3-2-4-7-11/h2-10,15,21H,1H3/b16-14+. The van der Waals surface area contributed by atoms with E-state index in [-0.39, 0.29) is 11.3 Å². The molecule has 23 heavy (non-hydrogen) atoms. The average molecular weight is 328 g/mol. The molecule has 1 heterocycles. The van der Waals surface area contributed by atoms with Gasteiger partial charge in [0.25, 0.3) is 11.7 Å². The second-order valence-electron chi connectivity index (χ2n) is 5.33. The van der Waals surface area contributed by atoms with Crippen molar-refractivity contribution in [3.05, 3.63) is 76.3 Å². The molecule has 1 fully saturated rings. The Balaban J connectivity index is 2.19. The molecule has 2 aromatic rings. The number of hydrogen-bond acceptors (Lipinski definition) is 3. The van der Waals surface area contributed by atoms with Crippen LogP contribution in [0.5, 0.6) is 0 Å². The number of aliphatic hydroxyl groups is 1. The first kappa shape index (κ1) is 15.3. The summed E-state index contributed by atoms with van der Waals surface area (Å²) in [5.41, 5.74) is 1.24. The molecule has 1 aliphatic rings. The fraction of sp³-hybridized carbons (Fsp3) is 0.111. The van der Waals surface area contributed by atoms with Crippen LogP contribution in [-0.4, -0.2) is 28.7 Å². The quantitative estimate of drug-likeness (QED) is 0.522. The normalized spacial score (nSPS) is 20.1. The molecule has 1 atom stereocenters. The van der Waals surface area contributed by atoms with Crippen LogP contribution >= 0.6 is 11.6 Å². The Kier molecular flexibility index (Phi) is 3.92. The van der Waals surface area contributed by atoms with Gasteiger partial charge in [0.15, 0.2) is 0 Å². The third kappa shape index (κ3) is 2.62. The van der Waals surface area contributed by atoms with Crippen LogP contribution in [-0.2, 0) is 9.59 Å². The smallest absolute Gasteiger partial charge is 0.295 e. The SMILES string of the molecule is CN1C(=O)C(=O)/C(=C(/O)c2ccccc2)C1c1cccc(Cl)c1. The van der Waals surface area contributed by atoms with Gasteiger partial charge in [0.1, 0.15) is 5.76 Å². The van der Waals surface area contributed by atoms with Gasteiger partial charge in [0.05, 0.1) is 11.6 Å². The van der Waals surface area contributed by atoms with Gasteiger partial charge in [-0.25, -0.2) is 0 Å². The summed E-state index contributed by atoms with van der Waals surface area (Å²) in [5.74, 6) is -1.52. The zero-order valence-electron chi connectivity index (χ0n) is 12.4. The minimum Gasteiger partial charge on any atom is -0.507 e. The van der Waals surface area contributed by atoms with Crippen molar-refractivity contribution in [1.29, 1.82) is 0 Å². The first-order valence-corrected chi connectivity index (χ1v) is 7.44. The first-order valence-electron chi connectivity index (χ1n) is 7.06. The second kappa shape index (κ2) is 5.89. The zero-order chi connectivity index (χ0) is 16.6. The Morgan fingerprint density at radius 2 is 1.78 bits per heavy atom. The van der Waals surface area contributed by atoms with Gasteiger partial charge < -0.3 is 10.0 Å². The molecule has 0 aliphatic carbocycles. The average Bonchev–Trinajstić information content (AvgIpc) is 2.79. The fourth-order valence-corrected chi connectivity index (χ4v) is 2.96. The predicted molar refractivity (Wildman–Crippen MR) is 88.0 cm³/mol. The Labute approximate surface area is 138 Å². The van der Waals surface area contributed by atoms with Gasteiger partial charge in [-0.15, -0.1) is 0 Å². The first-order chi connectivity index (χ1) is 11.0. The lowest BCUT2D eigenvalue weighted by molar-refractivity contribution is -0.139. The molecule has 1 saturated heterocycles. The lowest BCUT2D eigenvalue weighted by atomic mass is 9.95. The molecule has 1 aliphatic heterocycles. The number of aliphatic hydroxyl groups excluding tert-OH is 1. The fourth-order valence-electron chi connectivity index (χ4n) is 2.77. The molecule has 5 heteroatoms. The van der Waals surface area contributed by atoms with Crippen LogP contribution in [0.15, 0.2) is 60.2 Å². The molecule has 0 aromatic heterocycles. The Morgan fingerprint density at radius 3 is 2.43 bits per heavy atom. The molecule has 2 aromatic carbocycles. The summed E-state index contributed by atoms with van der Waals surface area (Å²) >= 11 is 6.02. The van der Waals surface area contributed by atoms with E-state index in [0.29, 0.717) is 16.1 Å². The van der Waals surface area contributed by atoms with Crippen LogP contribution < -0.4 is 0 Å². The number of hydrogen-bond donors (Lipinski definition) is 1. The third-order valence-electron chi connectivity index (χ3n) is 3.89. The van der Waals surface area contributed by atoms with Crippen LogP contribution in [0, 0.1) is 0 Å². The summed E-state index contributed by atoms with van der Waals surface area (Å²) in [6.45, 7) is 0. The van der Waals surface area contributed by atoms with Crippen molar-refractivity contribution in [2.75, 3.05) is 7.05 Å². The molecule has 3 rings (SSSR count). The number of Topliss-reactive ketones (excluding diaryl/α,β-unsaturated/α-hetero) is 1. The monoisotopic (exact) mass is 327 g/mol.